The number of carboxylic acid groups (broad SMARTS) is 1. The topological polar surface area (TPSA) is 212 Å². The van der Waals surface area contributed by atoms with Gasteiger partial charge in [0, 0.05) is 25.7 Å². The number of guanidine groups is 1. The molecule has 0 unspecified atom stereocenters. The highest BCUT2D eigenvalue weighted by Gasteiger charge is 2.42. The Hall–Kier alpha value is -4.24. The van der Waals surface area contributed by atoms with Crippen molar-refractivity contribution < 1.29 is 37.4 Å². The Balaban J connectivity index is 1.65. The quantitative estimate of drug-likeness (QED) is 0.118. The third-order valence-corrected chi connectivity index (χ3v) is 10.3. The molecule has 1 aliphatic carbocycles. The van der Waals surface area contributed by atoms with Gasteiger partial charge in [-0.25, -0.2) is 13.2 Å². The van der Waals surface area contributed by atoms with Crippen LogP contribution in [0.2, 0.25) is 0 Å². The molecule has 1 saturated carbocycles. The number of aliphatic carboxylic acids is 1. The average molecular weight is 673 g/mol. The van der Waals surface area contributed by atoms with E-state index in [0.717, 1.165) is 49.5 Å². The second kappa shape index (κ2) is 16.0. The zero-order valence-electron chi connectivity index (χ0n) is 26.5. The van der Waals surface area contributed by atoms with Crippen molar-refractivity contribution >= 4 is 50.5 Å². The minimum atomic E-state index is -4.39. The summed E-state index contributed by atoms with van der Waals surface area (Å²) in [6.45, 7) is 1.33. The van der Waals surface area contributed by atoms with E-state index in [1.165, 1.54) is 12.1 Å². The van der Waals surface area contributed by atoms with Crippen LogP contribution >= 0.6 is 0 Å². The van der Waals surface area contributed by atoms with E-state index < -0.39 is 64.7 Å². The molecule has 6 N–H and O–H groups in total. The molecular weight excluding hydrogens is 628 g/mol. The minimum Gasteiger partial charge on any atom is -0.481 e. The van der Waals surface area contributed by atoms with Gasteiger partial charge in [0.25, 0.3) is 0 Å². The van der Waals surface area contributed by atoms with Gasteiger partial charge in [-0.3, -0.25) is 19.8 Å². The summed E-state index contributed by atoms with van der Waals surface area (Å²) >= 11 is 0. The van der Waals surface area contributed by atoms with E-state index in [-0.39, 0.29) is 23.3 Å². The third kappa shape index (κ3) is 9.41. The van der Waals surface area contributed by atoms with Gasteiger partial charge in [-0.1, -0.05) is 49.6 Å². The number of esters is 1. The molecular formula is C32H44N6O8S. The van der Waals surface area contributed by atoms with Crippen LogP contribution < -0.4 is 15.8 Å². The summed E-state index contributed by atoms with van der Waals surface area (Å²) in [5.41, 5.74) is 5.64. The fourth-order valence-corrected chi connectivity index (χ4v) is 7.68. The molecule has 47 heavy (non-hydrogen) atoms. The van der Waals surface area contributed by atoms with Crippen LogP contribution in [0.25, 0.3) is 10.8 Å². The number of likely N-dealkylation sites (tertiary alicyclic amines) is 1. The molecule has 14 nitrogen and oxygen atoms in total. The summed E-state index contributed by atoms with van der Waals surface area (Å²) in [5, 5.41) is 21.6. The van der Waals surface area contributed by atoms with Gasteiger partial charge in [0.15, 0.2) is 5.96 Å². The lowest BCUT2D eigenvalue weighted by Gasteiger charge is -2.40. The van der Waals surface area contributed by atoms with E-state index in [9.17, 15) is 32.7 Å². The molecule has 1 aliphatic heterocycles. The highest BCUT2D eigenvalue weighted by molar-refractivity contribution is 7.89. The normalized spacial score (nSPS) is 18.6. The third-order valence-electron chi connectivity index (χ3n) is 8.86. The maximum atomic E-state index is 14.4. The molecule has 2 aliphatic rings. The SMILES string of the molecule is COC(=O)[C@H](CC(=O)O)N(C(=O)[C@H](CC(=O)NC[C@@H]1CCCN(C(=N)N)C1)NS(=O)(=O)c1ccc2ccccc2c1)C1CCCCC1. The van der Waals surface area contributed by atoms with Gasteiger partial charge in [-0.15, -0.1) is 0 Å². The molecule has 2 aromatic rings. The number of fused-ring (bicyclic) bond motifs is 1. The van der Waals surface area contributed by atoms with Crippen LogP contribution in [0, 0.1) is 11.3 Å². The molecule has 15 heteroatoms. The minimum absolute atomic E-state index is 0.0157. The van der Waals surface area contributed by atoms with Crippen molar-refractivity contribution in [3.63, 3.8) is 0 Å². The van der Waals surface area contributed by atoms with E-state index in [0.29, 0.717) is 31.3 Å². The highest BCUT2D eigenvalue weighted by Crippen LogP contribution is 2.28. The first-order valence-electron chi connectivity index (χ1n) is 15.9. The van der Waals surface area contributed by atoms with Crippen LogP contribution in [0.3, 0.4) is 0 Å². The number of rotatable bonds is 13. The number of sulfonamides is 1. The van der Waals surface area contributed by atoms with Gasteiger partial charge in [0.2, 0.25) is 21.8 Å². The standard InChI is InChI=1S/C32H44N6O8S/c1-46-31(43)27(18-29(40)41)38(24-11-3-2-4-12-24)30(42)26(17-28(39)35-19-21-8-7-15-37(20-21)32(33)34)36-47(44,45)25-14-13-22-9-5-6-10-23(22)16-25/h5-6,9-10,13-14,16,21,24,26-27,36H,2-4,7-8,11-12,15,17-20H2,1H3,(H3,33,34)(H,35,39)(H,40,41)/t21-,26-,27-/m0/s1. The molecule has 4 rings (SSSR count). The summed E-state index contributed by atoms with van der Waals surface area (Å²) in [6, 6.07) is 7.92. The number of carbonyl (C=O) groups is 4. The smallest absolute Gasteiger partial charge is 0.329 e. The number of ether oxygens (including phenoxy) is 1. The first kappa shape index (κ1) is 35.6. The Morgan fingerprint density at radius 2 is 1.74 bits per heavy atom. The Bertz CT molecular complexity index is 1580. The molecule has 1 heterocycles. The highest BCUT2D eigenvalue weighted by atomic mass is 32.2. The number of benzene rings is 2. The number of carbonyl (C=O) groups excluding carboxylic acids is 3. The number of nitrogens with zero attached hydrogens (tertiary/aromatic N) is 2. The van der Waals surface area contributed by atoms with E-state index in [4.69, 9.17) is 15.9 Å². The average Bonchev–Trinajstić information content (AvgIpc) is 3.06. The van der Waals surface area contributed by atoms with Gasteiger partial charge in [-0.05, 0) is 54.5 Å². The number of piperidine rings is 1. The van der Waals surface area contributed by atoms with Crippen LogP contribution in [0.1, 0.15) is 57.8 Å². The lowest BCUT2D eigenvalue weighted by Crippen LogP contribution is -2.59. The van der Waals surface area contributed by atoms with E-state index >= 15 is 0 Å². The number of nitrogens with two attached hydrogens (primary N) is 1. The molecule has 2 fully saturated rings. The first-order valence-corrected chi connectivity index (χ1v) is 17.4. The number of amides is 2. The molecule has 2 aromatic carbocycles. The number of carboxylic acids is 1. The predicted molar refractivity (Wildman–Crippen MR) is 174 cm³/mol. The Morgan fingerprint density at radius 3 is 2.40 bits per heavy atom. The Labute approximate surface area is 274 Å². The zero-order chi connectivity index (χ0) is 34.1. The monoisotopic (exact) mass is 672 g/mol. The maximum Gasteiger partial charge on any atom is 0.329 e. The molecule has 2 amide bonds. The molecule has 0 spiro atoms. The van der Waals surface area contributed by atoms with Gasteiger partial charge in [-0.2, -0.15) is 4.72 Å². The summed E-state index contributed by atoms with van der Waals surface area (Å²) in [6.07, 6.45) is 3.51. The largest absolute Gasteiger partial charge is 0.481 e. The lowest BCUT2D eigenvalue weighted by molar-refractivity contribution is -0.160. The predicted octanol–water partition coefficient (Wildman–Crippen LogP) is 1.78. The summed E-state index contributed by atoms with van der Waals surface area (Å²) in [7, 11) is -3.30. The van der Waals surface area contributed by atoms with Gasteiger partial charge >= 0.3 is 11.9 Å². The number of nitrogens with one attached hydrogen (secondary N) is 3. The number of hydrogen-bond acceptors (Lipinski definition) is 8. The number of methoxy groups -OCH3 is 1. The van der Waals surface area contributed by atoms with Crippen molar-refractivity contribution in [2.45, 2.75) is 80.8 Å². The van der Waals surface area contributed by atoms with E-state index in [1.54, 1.807) is 23.1 Å². The second-order valence-corrected chi connectivity index (χ2v) is 13.9. The van der Waals surface area contributed by atoms with Gasteiger partial charge in [0.1, 0.15) is 12.1 Å². The fraction of sp³-hybridized carbons (Fsp3) is 0.531. The van der Waals surface area contributed by atoms with Gasteiger partial charge < -0.3 is 30.7 Å². The second-order valence-electron chi connectivity index (χ2n) is 12.2. The first-order chi connectivity index (χ1) is 22.4. The fourth-order valence-electron chi connectivity index (χ4n) is 6.46. The zero-order valence-corrected chi connectivity index (χ0v) is 27.3. The van der Waals surface area contributed by atoms with Crippen molar-refractivity contribution in [3.05, 3.63) is 42.5 Å². The van der Waals surface area contributed by atoms with E-state index in [2.05, 4.69) is 10.0 Å². The van der Waals surface area contributed by atoms with Gasteiger partial charge in [0.05, 0.1) is 24.8 Å². The molecule has 1 saturated heterocycles. The Morgan fingerprint density at radius 1 is 1.04 bits per heavy atom. The lowest BCUT2D eigenvalue weighted by atomic mass is 9.91. The van der Waals surface area contributed by atoms with Crippen molar-refractivity contribution in [3.8, 4) is 0 Å². The summed E-state index contributed by atoms with van der Waals surface area (Å²) in [5.74, 6) is -3.85. The maximum absolute atomic E-state index is 14.4. The summed E-state index contributed by atoms with van der Waals surface area (Å²) < 4.78 is 34.9. The molecule has 0 radical (unpaired) electrons. The summed E-state index contributed by atoms with van der Waals surface area (Å²) in [4.78, 5) is 55.3. The van der Waals surface area contributed by atoms with Crippen molar-refractivity contribution in [2.24, 2.45) is 11.7 Å². The van der Waals surface area contributed by atoms with Crippen LogP contribution in [0.5, 0.6) is 0 Å². The Kier molecular flexibility index (Phi) is 12.2. The van der Waals surface area contributed by atoms with Crippen molar-refractivity contribution in [2.75, 3.05) is 26.7 Å². The van der Waals surface area contributed by atoms with Crippen molar-refractivity contribution in [1.82, 2.24) is 19.8 Å². The molecule has 0 bridgehead atoms. The van der Waals surface area contributed by atoms with Crippen LogP contribution in [0.4, 0.5) is 0 Å². The molecule has 0 aromatic heterocycles. The number of hydrogen-bond donors (Lipinski definition) is 5. The molecule has 256 valence electrons. The van der Waals surface area contributed by atoms with Crippen molar-refractivity contribution in [1.29, 1.82) is 5.41 Å². The van der Waals surface area contributed by atoms with Crippen LogP contribution in [0.15, 0.2) is 47.4 Å². The van der Waals surface area contributed by atoms with Crippen LogP contribution in [-0.2, 0) is 33.9 Å². The van der Waals surface area contributed by atoms with E-state index in [1.807, 2.05) is 12.1 Å². The molecule has 3 atom stereocenters. The van der Waals surface area contributed by atoms with Crippen LogP contribution in [-0.4, -0.2) is 97.9 Å².